The molecular weight excluding hydrogens is 475 g/mol. The number of halogens is 3. The second-order valence-electron chi connectivity index (χ2n) is 7.94. The van der Waals surface area contributed by atoms with Crippen molar-refractivity contribution in [3.8, 4) is 0 Å². The van der Waals surface area contributed by atoms with Gasteiger partial charge in [0.05, 0.1) is 15.9 Å². The number of imidazole rings is 1. The van der Waals surface area contributed by atoms with Gasteiger partial charge in [0, 0.05) is 25.8 Å². The Balaban J connectivity index is 1.49. The van der Waals surface area contributed by atoms with Gasteiger partial charge in [0.1, 0.15) is 19.0 Å². The Kier molecular flexibility index (Phi) is 6.67. The summed E-state index contributed by atoms with van der Waals surface area (Å²) in [7, 11) is -3.62. The fraction of sp³-hybridized carbons (Fsp3) is 0.476. The van der Waals surface area contributed by atoms with Gasteiger partial charge in [-0.3, -0.25) is 9.48 Å². The number of hydrogen-bond donors (Lipinski definition) is 0. The Bertz CT molecular complexity index is 1290. The minimum Gasteiger partial charge on any atom is -0.456 e. The van der Waals surface area contributed by atoms with Crippen LogP contribution in [0.1, 0.15) is 37.7 Å². The van der Waals surface area contributed by atoms with E-state index in [0.29, 0.717) is 36.5 Å². The van der Waals surface area contributed by atoms with Gasteiger partial charge in [-0.05, 0) is 44.0 Å². The van der Waals surface area contributed by atoms with Crippen molar-refractivity contribution in [1.82, 2.24) is 23.6 Å². The van der Waals surface area contributed by atoms with Crippen LogP contribution in [0.5, 0.6) is 0 Å². The van der Waals surface area contributed by atoms with Crippen LogP contribution in [-0.4, -0.2) is 51.1 Å². The van der Waals surface area contributed by atoms with Crippen molar-refractivity contribution >= 4 is 27.0 Å². The number of carbonyl (C=O) groups is 1. The standard InChI is InChI=1S/C21H24F3N5O4S/c1-2-29-17-7-6-15(34(31,32)28-9-4-3-5-10-28)12-16(17)25-19(29)14-33-20(30)13-27-11-8-18(26-27)21(22,23)24/h6-8,11-12H,2-5,9-10,13-14H2,1H3. The summed E-state index contributed by atoms with van der Waals surface area (Å²) in [5, 5.41) is 3.33. The minimum absolute atomic E-state index is 0.158. The lowest BCUT2D eigenvalue weighted by Gasteiger charge is -2.25. The fourth-order valence-corrected chi connectivity index (χ4v) is 5.50. The van der Waals surface area contributed by atoms with Gasteiger partial charge >= 0.3 is 12.1 Å². The Morgan fingerprint density at radius 3 is 2.53 bits per heavy atom. The van der Waals surface area contributed by atoms with Gasteiger partial charge in [0.15, 0.2) is 5.69 Å². The molecule has 1 aromatic carbocycles. The van der Waals surface area contributed by atoms with Crippen LogP contribution in [0.3, 0.4) is 0 Å². The van der Waals surface area contributed by atoms with Crippen molar-refractivity contribution in [1.29, 1.82) is 0 Å². The number of aromatic nitrogens is 4. The zero-order valence-electron chi connectivity index (χ0n) is 18.5. The molecule has 0 saturated carbocycles. The van der Waals surface area contributed by atoms with Crippen LogP contribution in [0, 0.1) is 0 Å². The first-order chi connectivity index (χ1) is 16.1. The first-order valence-electron chi connectivity index (χ1n) is 10.8. The smallest absolute Gasteiger partial charge is 0.435 e. The SMILES string of the molecule is CCn1c(COC(=O)Cn2ccc(C(F)(F)F)n2)nc2cc(S(=O)(=O)N3CCCCC3)ccc21. The molecule has 2 aromatic heterocycles. The minimum atomic E-state index is -4.60. The summed E-state index contributed by atoms with van der Waals surface area (Å²) in [4.78, 5) is 16.7. The van der Waals surface area contributed by atoms with E-state index >= 15 is 0 Å². The van der Waals surface area contributed by atoms with Crippen molar-refractivity contribution in [3.05, 3.63) is 42.0 Å². The molecule has 1 aliphatic rings. The van der Waals surface area contributed by atoms with Crippen molar-refractivity contribution in [2.75, 3.05) is 13.1 Å². The number of sulfonamides is 1. The molecule has 184 valence electrons. The Hall–Kier alpha value is -2.93. The highest BCUT2D eigenvalue weighted by Gasteiger charge is 2.33. The molecule has 9 nitrogen and oxygen atoms in total. The molecule has 0 radical (unpaired) electrons. The first kappa shape index (κ1) is 24.2. The summed E-state index contributed by atoms with van der Waals surface area (Å²) in [5.74, 6) is -0.380. The Labute approximate surface area is 194 Å². The quantitative estimate of drug-likeness (QED) is 0.463. The molecule has 1 aliphatic heterocycles. The third-order valence-electron chi connectivity index (χ3n) is 5.65. The number of piperidine rings is 1. The van der Waals surface area contributed by atoms with Gasteiger partial charge in [0.25, 0.3) is 0 Å². The second kappa shape index (κ2) is 9.37. The van der Waals surface area contributed by atoms with E-state index in [1.165, 1.54) is 10.4 Å². The Morgan fingerprint density at radius 2 is 1.88 bits per heavy atom. The predicted octanol–water partition coefficient (Wildman–Crippen LogP) is 3.19. The molecule has 0 unspecified atom stereocenters. The maximum atomic E-state index is 13.0. The van der Waals surface area contributed by atoms with Gasteiger partial charge in [-0.1, -0.05) is 6.42 Å². The first-order valence-corrected chi connectivity index (χ1v) is 12.3. The number of aryl methyl sites for hydroxylation is 1. The third-order valence-corrected chi connectivity index (χ3v) is 7.55. The lowest BCUT2D eigenvalue weighted by atomic mass is 10.2. The van der Waals surface area contributed by atoms with Crippen LogP contribution in [0.25, 0.3) is 11.0 Å². The molecule has 3 aromatic rings. The Morgan fingerprint density at radius 1 is 1.15 bits per heavy atom. The lowest BCUT2D eigenvalue weighted by molar-refractivity contribution is -0.147. The summed E-state index contributed by atoms with van der Waals surface area (Å²) in [6.45, 7) is 2.64. The number of esters is 1. The molecule has 0 atom stereocenters. The molecule has 1 fully saturated rings. The molecule has 0 aliphatic carbocycles. The van der Waals surface area contributed by atoms with Crippen LogP contribution in [0.2, 0.25) is 0 Å². The average Bonchev–Trinajstić information content (AvgIpc) is 3.41. The molecule has 0 spiro atoms. The van der Waals surface area contributed by atoms with E-state index in [1.54, 1.807) is 16.7 Å². The largest absolute Gasteiger partial charge is 0.456 e. The number of carbonyl (C=O) groups excluding carboxylic acids is 1. The molecule has 13 heteroatoms. The van der Waals surface area contributed by atoms with E-state index in [0.717, 1.165) is 36.2 Å². The van der Waals surface area contributed by atoms with E-state index in [9.17, 15) is 26.4 Å². The monoisotopic (exact) mass is 499 g/mol. The van der Waals surface area contributed by atoms with Crippen LogP contribution in [0.4, 0.5) is 13.2 Å². The number of benzene rings is 1. The maximum absolute atomic E-state index is 13.0. The van der Waals surface area contributed by atoms with E-state index < -0.39 is 34.4 Å². The molecule has 4 rings (SSSR count). The summed E-state index contributed by atoms with van der Waals surface area (Å²) >= 11 is 0. The van der Waals surface area contributed by atoms with E-state index in [4.69, 9.17) is 4.74 Å². The topological polar surface area (TPSA) is 99.3 Å². The number of hydrogen-bond acceptors (Lipinski definition) is 6. The highest BCUT2D eigenvalue weighted by Crippen LogP contribution is 2.27. The van der Waals surface area contributed by atoms with Gasteiger partial charge in [-0.25, -0.2) is 13.4 Å². The van der Waals surface area contributed by atoms with Gasteiger partial charge in [0.2, 0.25) is 10.0 Å². The highest BCUT2D eigenvalue weighted by atomic mass is 32.2. The van der Waals surface area contributed by atoms with Crippen LogP contribution < -0.4 is 0 Å². The zero-order valence-corrected chi connectivity index (χ0v) is 19.3. The van der Waals surface area contributed by atoms with Crippen molar-refractivity contribution < 1.29 is 31.1 Å². The van der Waals surface area contributed by atoms with E-state index in [1.807, 2.05) is 6.92 Å². The van der Waals surface area contributed by atoms with Crippen molar-refractivity contribution in [2.24, 2.45) is 0 Å². The summed E-state index contributed by atoms with van der Waals surface area (Å²) in [6.07, 6.45) is -0.871. The molecule has 0 bridgehead atoms. The predicted molar refractivity (Wildman–Crippen MR) is 115 cm³/mol. The summed E-state index contributed by atoms with van der Waals surface area (Å²) in [5.41, 5.74) is 0.0457. The second-order valence-corrected chi connectivity index (χ2v) is 9.88. The van der Waals surface area contributed by atoms with E-state index in [2.05, 4.69) is 10.1 Å². The lowest BCUT2D eigenvalue weighted by Crippen LogP contribution is -2.35. The number of ether oxygens (including phenoxy) is 1. The molecular formula is C21H24F3N5O4S. The maximum Gasteiger partial charge on any atom is 0.435 e. The van der Waals surface area contributed by atoms with Gasteiger partial charge < -0.3 is 9.30 Å². The van der Waals surface area contributed by atoms with E-state index in [-0.39, 0.29) is 11.5 Å². The van der Waals surface area contributed by atoms with Gasteiger partial charge in [-0.15, -0.1) is 0 Å². The van der Waals surface area contributed by atoms with Crippen molar-refractivity contribution in [3.63, 3.8) is 0 Å². The zero-order chi connectivity index (χ0) is 24.5. The summed E-state index contributed by atoms with van der Waals surface area (Å²) in [6, 6.07) is 5.51. The summed E-state index contributed by atoms with van der Waals surface area (Å²) < 4.78 is 73.3. The third kappa shape index (κ3) is 4.94. The number of alkyl halides is 3. The molecule has 34 heavy (non-hydrogen) atoms. The van der Waals surface area contributed by atoms with Crippen LogP contribution in [0.15, 0.2) is 35.4 Å². The average molecular weight is 500 g/mol. The molecule has 3 heterocycles. The number of nitrogens with zero attached hydrogens (tertiary/aromatic N) is 5. The highest BCUT2D eigenvalue weighted by molar-refractivity contribution is 7.89. The molecule has 1 saturated heterocycles. The number of rotatable bonds is 7. The van der Waals surface area contributed by atoms with Gasteiger partial charge in [-0.2, -0.15) is 22.6 Å². The number of fused-ring (bicyclic) bond motifs is 1. The molecule has 0 N–H and O–H groups in total. The fourth-order valence-electron chi connectivity index (χ4n) is 3.96. The normalized spacial score (nSPS) is 15.6. The molecule has 0 amide bonds. The van der Waals surface area contributed by atoms with Crippen LogP contribution in [-0.2, 0) is 45.4 Å². The van der Waals surface area contributed by atoms with Crippen molar-refractivity contribution in [2.45, 2.75) is 57.0 Å². The van der Waals surface area contributed by atoms with Crippen LogP contribution >= 0.6 is 0 Å².